The summed E-state index contributed by atoms with van der Waals surface area (Å²) >= 11 is 0. The molecule has 0 spiro atoms. The molecule has 36 heavy (non-hydrogen) atoms. The number of fused-ring (bicyclic) bond motifs is 1. The highest BCUT2D eigenvalue weighted by Crippen LogP contribution is 2.34. The first kappa shape index (κ1) is 23.0. The molecule has 5 aromatic rings. The summed E-state index contributed by atoms with van der Waals surface area (Å²) < 4.78 is 0. The fourth-order valence-corrected chi connectivity index (χ4v) is 4.28. The van der Waals surface area contributed by atoms with Crippen LogP contribution in [0, 0.1) is 6.92 Å². The standard InChI is InChI=1S/C33H25NO2/c1-24-11-16-30(17-12-24)34(29-9-3-2-4-10-29)31-18-13-25(14-19-31)15-20-33(36)32-22-27-8-6-5-7-26(27)21-28(32)23-35/h2-23H,1H3/b20-15-. The van der Waals surface area contributed by atoms with Crippen molar-refractivity contribution in [1.82, 2.24) is 0 Å². The molecule has 0 heterocycles. The average molecular weight is 468 g/mol. The van der Waals surface area contributed by atoms with E-state index in [1.807, 2.05) is 66.7 Å². The molecular weight excluding hydrogens is 442 g/mol. The molecule has 0 saturated carbocycles. The summed E-state index contributed by atoms with van der Waals surface area (Å²) in [6, 6.07) is 38.0. The van der Waals surface area contributed by atoms with Crippen molar-refractivity contribution in [2.24, 2.45) is 0 Å². The molecule has 0 N–H and O–H groups in total. The van der Waals surface area contributed by atoms with E-state index in [1.54, 1.807) is 18.2 Å². The third kappa shape index (κ3) is 4.86. The number of hydrogen-bond acceptors (Lipinski definition) is 3. The minimum Gasteiger partial charge on any atom is -0.311 e. The number of allylic oxidation sites excluding steroid dienone is 1. The van der Waals surface area contributed by atoms with Gasteiger partial charge >= 0.3 is 0 Å². The fraction of sp³-hybridized carbons (Fsp3) is 0.0303. The molecule has 5 rings (SSSR count). The lowest BCUT2D eigenvalue weighted by atomic mass is 9.98. The zero-order valence-corrected chi connectivity index (χ0v) is 20.0. The molecule has 0 aliphatic rings. The van der Waals surface area contributed by atoms with E-state index in [-0.39, 0.29) is 5.78 Å². The van der Waals surface area contributed by atoms with Crippen LogP contribution in [0.1, 0.15) is 31.8 Å². The van der Waals surface area contributed by atoms with Crippen LogP contribution < -0.4 is 4.90 Å². The van der Waals surface area contributed by atoms with Gasteiger partial charge in [-0.1, -0.05) is 78.4 Å². The van der Waals surface area contributed by atoms with E-state index >= 15 is 0 Å². The van der Waals surface area contributed by atoms with Crippen molar-refractivity contribution in [2.75, 3.05) is 4.90 Å². The predicted molar refractivity (Wildman–Crippen MR) is 149 cm³/mol. The topological polar surface area (TPSA) is 37.4 Å². The summed E-state index contributed by atoms with van der Waals surface area (Å²) in [7, 11) is 0. The number of carbonyl (C=O) groups excluding carboxylic acids is 2. The summed E-state index contributed by atoms with van der Waals surface area (Å²) in [6.45, 7) is 2.08. The van der Waals surface area contributed by atoms with Crippen LogP contribution in [-0.2, 0) is 0 Å². The van der Waals surface area contributed by atoms with Gasteiger partial charge in [-0.2, -0.15) is 0 Å². The zero-order valence-electron chi connectivity index (χ0n) is 20.0. The molecule has 0 fully saturated rings. The maximum atomic E-state index is 13.0. The molecule has 3 nitrogen and oxygen atoms in total. The first-order valence-corrected chi connectivity index (χ1v) is 11.8. The van der Waals surface area contributed by atoms with Crippen LogP contribution in [0.25, 0.3) is 16.8 Å². The van der Waals surface area contributed by atoms with Crippen LogP contribution in [0.15, 0.2) is 121 Å². The van der Waals surface area contributed by atoms with Crippen LogP contribution in [0.4, 0.5) is 17.1 Å². The van der Waals surface area contributed by atoms with Crippen molar-refractivity contribution in [3.63, 3.8) is 0 Å². The van der Waals surface area contributed by atoms with Crippen LogP contribution in [-0.4, -0.2) is 12.1 Å². The van der Waals surface area contributed by atoms with Crippen molar-refractivity contribution in [2.45, 2.75) is 6.92 Å². The Bertz CT molecular complexity index is 1550. The van der Waals surface area contributed by atoms with Crippen LogP contribution >= 0.6 is 0 Å². The Labute approximate surface area is 211 Å². The second-order valence-electron chi connectivity index (χ2n) is 8.70. The minimum absolute atomic E-state index is 0.197. The number of anilines is 3. The summed E-state index contributed by atoms with van der Waals surface area (Å²) in [5.74, 6) is -0.197. The maximum absolute atomic E-state index is 13.0. The molecule has 0 atom stereocenters. The van der Waals surface area contributed by atoms with Gasteiger partial charge in [0.25, 0.3) is 0 Å². The molecule has 0 radical (unpaired) electrons. The van der Waals surface area contributed by atoms with E-state index in [9.17, 15) is 9.59 Å². The van der Waals surface area contributed by atoms with Gasteiger partial charge in [0.05, 0.1) is 0 Å². The second-order valence-corrected chi connectivity index (χ2v) is 8.70. The van der Waals surface area contributed by atoms with Gasteiger partial charge in [-0.25, -0.2) is 0 Å². The molecule has 0 unspecified atom stereocenters. The lowest BCUT2D eigenvalue weighted by Gasteiger charge is -2.25. The molecular formula is C33H25NO2. The first-order valence-electron chi connectivity index (χ1n) is 11.8. The number of hydrogen-bond donors (Lipinski definition) is 0. The normalized spacial score (nSPS) is 11.0. The quantitative estimate of drug-likeness (QED) is 0.137. The smallest absolute Gasteiger partial charge is 0.186 e. The van der Waals surface area contributed by atoms with E-state index in [0.717, 1.165) is 39.7 Å². The number of aldehydes is 1. The Kier molecular flexibility index (Phi) is 6.55. The number of para-hydroxylation sites is 1. The van der Waals surface area contributed by atoms with Gasteiger partial charge in [-0.3, -0.25) is 9.59 Å². The van der Waals surface area contributed by atoms with E-state index in [4.69, 9.17) is 0 Å². The van der Waals surface area contributed by atoms with E-state index in [1.165, 1.54) is 11.6 Å². The van der Waals surface area contributed by atoms with Crippen LogP contribution in [0.3, 0.4) is 0 Å². The number of rotatable bonds is 7. The first-order chi connectivity index (χ1) is 17.6. The average Bonchev–Trinajstić information content (AvgIpc) is 2.93. The SMILES string of the molecule is Cc1ccc(N(c2ccccc2)c2ccc(/C=C\C(=O)c3cc4ccccc4cc3C=O)cc2)cc1. The number of ketones is 1. The Balaban J connectivity index is 1.42. The molecule has 0 aromatic heterocycles. The van der Waals surface area contributed by atoms with Crippen LogP contribution in [0.2, 0.25) is 0 Å². The molecule has 0 bridgehead atoms. The minimum atomic E-state index is -0.197. The third-order valence-corrected chi connectivity index (χ3v) is 6.20. The van der Waals surface area contributed by atoms with Gasteiger partial charge in [0.15, 0.2) is 12.1 Å². The van der Waals surface area contributed by atoms with Gasteiger partial charge < -0.3 is 4.90 Å². The molecule has 3 heteroatoms. The summed E-state index contributed by atoms with van der Waals surface area (Å²) in [5.41, 5.74) is 6.08. The van der Waals surface area contributed by atoms with Crippen molar-refractivity contribution in [3.8, 4) is 0 Å². The Hall–Kier alpha value is -4.76. The third-order valence-electron chi connectivity index (χ3n) is 6.20. The van der Waals surface area contributed by atoms with E-state index in [2.05, 4.69) is 48.2 Å². The van der Waals surface area contributed by atoms with Gasteiger partial charge in [-0.05, 0) is 77.9 Å². The lowest BCUT2D eigenvalue weighted by molar-refractivity contribution is 0.103. The predicted octanol–water partition coefficient (Wildman–Crippen LogP) is 8.33. The van der Waals surface area contributed by atoms with Gasteiger partial charge in [-0.15, -0.1) is 0 Å². The van der Waals surface area contributed by atoms with E-state index < -0.39 is 0 Å². The molecule has 0 aliphatic carbocycles. The second kappa shape index (κ2) is 10.2. The number of nitrogens with zero attached hydrogens (tertiary/aromatic N) is 1. The highest BCUT2D eigenvalue weighted by molar-refractivity contribution is 6.13. The monoisotopic (exact) mass is 467 g/mol. The molecule has 0 aliphatic heterocycles. The molecule has 0 amide bonds. The Morgan fingerprint density at radius 3 is 1.86 bits per heavy atom. The van der Waals surface area contributed by atoms with Crippen molar-refractivity contribution >= 4 is 46.0 Å². The Morgan fingerprint density at radius 1 is 0.667 bits per heavy atom. The van der Waals surface area contributed by atoms with E-state index in [0.29, 0.717) is 11.1 Å². The lowest BCUT2D eigenvalue weighted by Crippen LogP contribution is -2.09. The number of aryl methyl sites for hydroxylation is 1. The summed E-state index contributed by atoms with van der Waals surface area (Å²) in [4.78, 5) is 26.8. The molecule has 5 aromatic carbocycles. The number of benzene rings is 5. The molecule has 0 saturated heterocycles. The largest absolute Gasteiger partial charge is 0.311 e. The van der Waals surface area contributed by atoms with Gasteiger partial charge in [0, 0.05) is 28.2 Å². The Morgan fingerprint density at radius 2 is 1.22 bits per heavy atom. The maximum Gasteiger partial charge on any atom is 0.186 e. The highest BCUT2D eigenvalue weighted by Gasteiger charge is 2.13. The number of carbonyl (C=O) groups is 2. The fourth-order valence-electron chi connectivity index (χ4n) is 4.28. The van der Waals surface area contributed by atoms with Gasteiger partial charge in [0.2, 0.25) is 0 Å². The van der Waals surface area contributed by atoms with Gasteiger partial charge in [0.1, 0.15) is 0 Å². The van der Waals surface area contributed by atoms with Crippen LogP contribution in [0.5, 0.6) is 0 Å². The summed E-state index contributed by atoms with van der Waals surface area (Å²) in [5, 5.41) is 1.87. The van der Waals surface area contributed by atoms with Crippen molar-refractivity contribution in [3.05, 3.63) is 144 Å². The van der Waals surface area contributed by atoms with Crippen molar-refractivity contribution in [1.29, 1.82) is 0 Å². The highest BCUT2D eigenvalue weighted by atomic mass is 16.1. The molecule has 174 valence electrons. The van der Waals surface area contributed by atoms with Crippen molar-refractivity contribution < 1.29 is 9.59 Å². The zero-order chi connectivity index (χ0) is 24.9. The summed E-state index contributed by atoms with van der Waals surface area (Å²) in [6.07, 6.45) is 4.06.